The number of carbonyl (C=O) groups excluding carboxylic acids is 2. The molecule has 1 atom stereocenters. The minimum absolute atomic E-state index is 0.0583. The molecule has 2 aromatic rings. The molecule has 2 aromatic carbocycles. The van der Waals surface area contributed by atoms with Crippen LogP contribution in [0, 0.1) is 5.92 Å². The standard InChI is InChI=1S/C28H37N3O5/c1-4-36-24-8-5-22(6-9-24)19-29-13-15-30(16-14-29)28(33)23-18-27(32)31(20-23)12-11-21-7-10-25(34-2)26(17-21)35-3/h5-10,17,23H,4,11-16,18-20H2,1-3H3. The molecule has 2 aliphatic heterocycles. The first-order chi connectivity index (χ1) is 17.5. The van der Waals surface area contributed by atoms with Crippen LogP contribution in [0.15, 0.2) is 42.5 Å². The lowest BCUT2D eigenvalue weighted by Gasteiger charge is -2.36. The number of carbonyl (C=O) groups is 2. The normalized spacial score (nSPS) is 18.4. The van der Waals surface area contributed by atoms with Crippen molar-refractivity contribution in [1.82, 2.24) is 14.7 Å². The summed E-state index contributed by atoms with van der Waals surface area (Å²) in [6.45, 7) is 7.67. The van der Waals surface area contributed by atoms with Gasteiger partial charge < -0.3 is 24.0 Å². The second-order valence-corrected chi connectivity index (χ2v) is 9.36. The second kappa shape index (κ2) is 12.1. The third kappa shape index (κ3) is 6.29. The van der Waals surface area contributed by atoms with Gasteiger partial charge in [0.05, 0.1) is 26.7 Å². The van der Waals surface area contributed by atoms with E-state index in [1.807, 2.05) is 47.1 Å². The minimum Gasteiger partial charge on any atom is -0.494 e. The summed E-state index contributed by atoms with van der Waals surface area (Å²) in [6, 6.07) is 14.0. The number of piperazine rings is 1. The molecule has 0 spiro atoms. The third-order valence-electron chi connectivity index (χ3n) is 7.01. The number of benzene rings is 2. The molecule has 8 nitrogen and oxygen atoms in total. The second-order valence-electron chi connectivity index (χ2n) is 9.36. The average Bonchev–Trinajstić information content (AvgIpc) is 3.28. The van der Waals surface area contributed by atoms with E-state index in [9.17, 15) is 9.59 Å². The molecule has 8 heteroatoms. The summed E-state index contributed by atoms with van der Waals surface area (Å²) >= 11 is 0. The predicted molar refractivity (Wildman–Crippen MR) is 137 cm³/mol. The molecule has 0 radical (unpaired) electrons. The van der Waals surface area contributed by atoms with E-state index in [0.717, 1.165) is 30.9 Å². The maximum absolute atomic E-state index is 13.2. The maximum atomic E-state index is 13.2. The Hall–Kier alpha value is -3.26. The van der Waals surface area contributed by atoms with Crippen LogP contribution >= 0.6 is 0 Å². The van der Waals surface area contributed by atoms with E-state index in [1.54, 1.807) is 14.2 Å². The van der Waals surface area contributed by atoms with Gasteiger partial charge in [-0.05, 0) is 48.7 Å². The summed E-state index contributed by atoms with van der Waals surface area (Å²) in [6.07, 6.45) is 1.01. The van der Waals surface area contributed by atoms with Gasteiger partial charge in [0.15, 0.2) is 11.5 Å². The van der Waals surface area contributed by atoms with Crippen LogP contribution in [0.4, 0.5) is 0 Å². The zero-order valence-electron chi connectivity index (χ0n) is 21.6. The maximum Gasteiger partial charge on any atom is 0.228 e. The van der Waals surface area contributed by atoms with E-state index in [2.05, 4.69) is 17.0 Å². The zero-order chi connectivity index (χ0) is 25.5. The molecule has 2 fully saturated rings. The third-order valence-corrected chi connectivity index (χ3v) is 7.01. The van der Waals surface area contributed by atoms with Crippen LogP contribution in [-0.2, 0) is 22.6 Å². The first kappa shape index (κ1) is 25.8. The topological polar surface area (TPSA) is 71.6 Å². The molecule has 2 saturated heterocycles. The molecule has 2 aliphatic rings. The monoisotopic (exact) mass is 495 g/mol. The highest BCUT2D eigenvalue weighted by Gasteiger charge is 2.37. The van der Waals surface area contributed by atoms with Crippen LogP contribution < -0.4 is 14.2 Å². The van der Waals surface area contributed by atoms with Crippen molar-refractivity contribution < 1.29 is 23.8 Å². The van der Waals surface area contributed by atoms with Crippen molar-refractivity contribution in [2.24, 2.45) is 5.92 Å². The van der Waals surface area contributed by atoms with Gasteiger partial charge in [0.2, 0.25) is 11.8 Å². The highest BCUT2D eigenvalue weighted by molar-refractivity contribution is 5.89. The van der Waals surface area contributed by atoms with Crippen molar-refractivity contribution in [2.75, 3.05) is 60.1 Å². The lowest BCUT2D eigenvalue weighted by Crippen LogP contribution is -2.50. The quantitative estimate of drug-likeness (QED) is 0.505. The van der Waals surface area contributed by atoms with Crippen molar-refractivity contribution in [3.63, 3.8) is 0 Å². The van der Waals surface area contributed by atoms with Crippen LogP contribution in [0.1, 0.15) is 24.5 Å². The Kier molecular flexibility index (Phi) is 8.70. The van der Waals surface area contributed by atoms with Crippen LogP contribution in [0.3, 0.4) is 0 Å². The van der Waals surface area contributed by atoms with E-state index < -0.39 is 0 Å². The first-order valence-electron chi connectivity index (χ1n) is 12.7. The molecule has 0 N–H and O–H groups in total. The molecule has 0 bridgehead atoms. The first-order valence-corrected chi connectivity index (χ1v) is 12.7. The lowest BCUT2D eigenvalue weighted by atomic mass is 10.1. The molecule has 4 rings (SSSR count). The highest BCUT2D eigenvalue weighted by Crippen LogP contribution is 2.28. The molecule has 36 heavy (non-hydrogen) atoms. The van der Waals surface area contributed by atoms with E-state index in [0.29, 0.717) is 57.1 Å². The SMILES string of the molecule is CCOc1ccc(CN2CCN(C(=O)C3CC(=O)N(CCc4ccc(OC)c(OC)c4)C3)CC2)cc1. The molecule has 2 amide bonds. The Bertz CT molecular complexity index is 1030. The van der Waals surface area contributed by atoms with Crippen LogP contribution in [0.2, 0.25) is 0 Å². The Balaban J connectivity index is 1.23. The van der Waals surface area contributed by atoms with Crippen LogP contribution in [-0.4, -0.2) is 86.6 Å². The van der Waals surface area contributed by atoms with Crippen molar-refractivity contribution in [3.8, 4) is 17.2 Å². The minimum atomic E-state index is -0.249. The number of methoxy groups -OCH3 is 2. The summed E-state index contributed by atoms with van der Waals surface area (Å²) in [5.41, 5.74) is 2.31. The number of nitrogens with zero attached hydrogens (tertiary/aromatic N) is 3. The predicted octanol–water partition coefficient (Wildman–Crippen LogP) is 2.84. The van der Waals surface area contributed by atoms with Gasteiger partial charge in [-0.3, -0.25) is 14.5 Å². The van der Waals surface area contributed by atoms with E-state index in [1.165, 1.54) is 5.56 Å². The average molecular weight is 496 g/mol. The van der Waals surface area contributed by atoms with E-state index >= 15 is 0 Å². The largest absolute Gasteiger partial charge is 0.494 e. The number of hydrogen-bond acceptors (Lipinski definition) is 6. The van der Waals surface area contributed by atoms with Gasteiger partial charge in [0, 0.05) is 52.2 Å². The fraction of sp³-hybridized carbons (Fsp3) is 0.500. The Morgan fingerprint density at radius 1 is 0.944 bits per heavy atom. The Labute approximate surface area is 213 Å². The van der Waals surface area contributed by atoms with Gasteiger partial charge in [-0.25, -0.2) is 0 Å². The van der Waals surface area contributed by atoms with Gasteiger partial charge in [-0.1, -0.05) is 18.2 Å². The van der Waals surface area contributed by atoms with Crippen molar-refractivity contribution in [3.05, 3.63) is 53.6 Å². The molecule has 2 heterocycles. The van der Waals surface area contributed by atoms with Crippen molar-refractivity contribution in [1.29, 1.82) is 0 Å². The molecule has 0 saturated carbocycles. The highest BCUT2D eigenvalue weighted by atomic mass is 16.5. The van der Waals surface area contributed by atoms with Crippen molar-refractivity contribution >= 4 is 11.8 Å². The van der Waals surface area contributed by atoms with E-state index in [-0.39, 0.29) is 17.7 Å². The van der Waals surface area contributed by atoms with Crippen LogP contribution in [0.5, 0.6) is 17.2 Å². The molecule has 194 valence electrons. The molecular weight excluding hydrogens is 458 g/mol. The summed E-state index contributed by atoms with van der Waals surface area (Å²) < 4.78 is 16.2. The zero-order valence-corrected chi connectivity index (χ0v) is 21.6. The van der Waals surface area contributed by atoms with Gasteiger partial charge in [-0.2, -0.15) is 0 Å². The number of likely N-dealkylation sites (tertiary alicyclic amines) is 1. The Morgan fingerprint density at radius 2 is 1.64 bits per heavy atom. The smallest absolute Gasteiger partial charge is 0.228 e. The van der Waals surface area contributed by atoms with Crippen LogP contribution in [0.25, 0.3) is 0 Å². The Morgan fingerprint density at radius 3 is 2.31 bits per heavy atom. The van der Waals surface area contributed by atoms with Gasteiger partial charge in [0.1, 0.15) is 5.75 Å². The summed E-state index contributed by atoms with van der Waals surface area (Å²) in [5.74, 6) is 2.17. The number of rotatable bonds is 10. The summed E-state index contributed by atoms with van der Waals surface area (Å²) in [4.78, 5) is 31.9. The number of ether oxygens (including phenoxy) is 3. The fourth-order valence-corrected chi connectivity index (χ4v) is 4.95. The van der Waals surface area contributed by atoms with Gasteiger partial charge >= 0.3 is 0 Å². The fourth-order valence-electron chi connectivity index (χ4n) is 4.95. The lowest BCUT2D eigenvalue weighted by molar-refractivity contribution is -0.137. The molecule has 1 unspecified atom stereocenters. The molecule has 0 aromatic heterocycles. The molecular formula is C28H37N3O5. The van der Waals surface area contributed by atoms with Crippen molar-refractivity contribution in [2.45, 2.75) is 26.3 Å². The molecule has 0 aliphatic carbocycles. The van der Waals surface area contributed by atoms with Gasteiger partial charge in [0.25, 0.3) is 0 Å². The number of hydrogen-bond donors (Lipinski definition) is 0. The summed E-state index contributed by atoms with van der Waals surface area (Å²) in [5, 5.41) is 0. The summed E-state index contributed by atoms with van der Waals surface area (Å²) in [7, 11) is 3.22. The van der Waals surface area contributed by atoms with E-state index in [4.69, 9.17) is 14.2 Å². The van der Waals surface area contributed by atoms with Gasteiger partial charge in [-0.15, -0.1) is 0 Å². The number of amides is 2.